The molecule has 88 valence electrons. The van der Waals surface area contributed by atoms with Crippen molar-refractivity contribution in [1.82, 2.24) is 4.98 Å². The predicted molar refractivity (Wildman–Crippen MR) is 66.3 cm³/mol. The van der Waals surface area contributed by atoms with Gasteiger partial charge in [-0.1, -0.05) is 6.07 Å². The van der Waals surface area contributed by atoms with Crippen LogP contribution in [0.25, 0.3) is 0 Å². The first-order chi connectivity index (χ1) is 8.22. The van der Waals surface area contributed by atoms with Crippen molar-refractivity contribution < 1.29 is 9.13 Å². The number of benzene rings is 1. The van der Waals surface area contributed by atoms with E-state index in [9.17, 15) is 4.39 Å². The van der Waals surface area contributed by atoms with Crippen molar-refractivity contribution in [3.8, 4) is 11.5 Å². The topological polar surface area (TPSA) is 48.1 Å². The summed E-state index contributed by atoms with van der Waals surface area (Å²) < 4.78 is 19.6. The molecule has 0 aliphatic carbocycles. The molecule has 0 aliphatic rings. The summed E-state index contributed by atoms with van der Waals surface area (Å²) in [4.78, 5) is 3.89. The van der Waals surface area contributed by atoms with Crippen LogP contribution in [0, 0.1) is 5.82 Å². The van der Waals surface area contributed by atoms with E-state index < -0.39 is 5.82 Å². The predicted octanol–water partition coefficient (Wildman–Crippen LogP) is 3.23. The van der Waals surface area contributed by atoms with Crippen LogP contribution in [0.3, 0.4) is 0 Å². The lowest BCUT2D eigenvalue weighted by Crippen LogP contribution is -2.00. The highest BCUT2D eigenvalue weighted by Crippen LogP contribution is 2.31. The molecule has 0 saturated carbocycles. The molecule has 2 N–H and O–H groups in total. The van der Waals surface area contributed by atoms with E-state index in [2.05, 4.69) is 20.9 Å². The van der Waals surface area contributed by atoms with Crippen LogP contribution in [0.15, 0.2) is 41.1 Å². The van der Waals surface area contributed by atoms with Gasteiger partial charge in [-0.25, -0.2) is 4.39 Å². The Balaban J connectivity index is 2.32. The number of nitrogens with zero attached hydrogens (tertiary/aromatic N) is 1. The summed E-state index contributed by atoms with van der Waals surface area (Å²) >= 11 is 3.15. The summed E-state index contributed by atoms with van der Waals surface area (Å²) in [5.41, 5.74) is 6.17. The number of nitrogens with two attached hydrogens (primary N) is 1. The van der Waals surface area contributed by atoms with E-state index in [1.165, 1.54) is 6.20 Å². The molecule has 0 bridgehead atoms. The lowest BCUT2D eigenvalue weighted by molar-refractivity contribution is 0.438. The first-order valence-electron chi connectivity index (χ1n) is 4.97. The van der Waals surface area contributed by atoms with Gasteiger partial charge in [0.05, 0.1) is 10.7 Å². The van der Waals surface area contributed by atoms with Crippen molar-refractivity contribution in [1.29, 1.82) is 0 Å². The van der Waals surface area contributed by atoms with Crippen molar-refractivity contribution in [3.05, 3.63) is 52.5 Å². The van der Waals surface area contributed by atoms with Crippen molar-refractivity contribution in [3.63, 3.8) is 0 Å². The van der Waals surface area contributed by atoms with E-state index in [0.29, 0.717) is 15.8 Å². The Hall–Kier alpha value is -1.46. The quantitative estimate of drug-likeness (QED) is 0.946. The van der Waals surface area contributed by atoms with E-state index >= 15 is 0 Å². The number of aromatic nitrogens is 1. The molecule has 0 spiro atoms. The number of pyridine rings is 1. The smallest absolute Gasteiger partial charge is 0.180 e. The molecule has 0 fully saturated rings. The maximum atomic E-state index is 13.9. The van der Waals surface area contributed by atoms with Gasteiger partial charge in [-0.15, -0.1) is 0 Å². The Bertz CT molecular complexity index is 519. The summed E-state index contributed by atoms with van der Waals surface area (Å²) in [6, 6.07) is 6.70. The Morgan fingerprint density at radius 1 is 1.35 bits per heavy atom. The van der Waals surface area contributed by atoms with E-state index in [1.54, 1.807) is 30.5 Å². The van der Waals surface area contributed by atoms with Crippen LogP contribution in [0.4, 0.5) is 4.39 Å². The molecule has 1 heterocycles. The Kier molecular flexibility index (Phi) is 3.71. The molecule has 0 saturated heterocycles. The summed E-state index contributed by atoms with van der Waals surface area (Å²) in [6.07, 6.45) is 3.14. The van der Waals surface area contributed by atoms with Crippen LogP contribution in [-0.2, 0) is 6.54 Å². The highest BCUT2D eigenvalue weighted by Gasteiger charge is 2.12. The van der Waals surface area contributed by atoms with Crippen molar-refractivity contribution in [2.45, 2.75) is 6.54 Å². The molecule has 2 aromatic rings. The minimum atomic E-state index is -0.461. The fourth-order valence-corrected chi connectivity index (χ4v) is 1.83. The number of halogens is 2. The highest BCUT2D eigenvalue weighted by molar-refractivity contribution is 9.10. The van der Waals surface area contributed by atoms with Gasteiger partial charge >= 0.3 is 0 Å². The molecule has 0 amide bonds. The van der Waals surface area contributed by atoms with Crippen LogP contribution in [-0.4, -0.2) is 4.98 Å². The monoisotopic (exact) mass is 296 g/mol. The number of hydrogen-bond acceptors (Lipinski definition) is 3. The second kappa shape index (κ2) is 5.25. The second-order valence-corrected chi connectivity index (χ2v) is 4.14. The zero-order valence-electron chi connectivity index (χ0n) is 8.86. The van der Waals surface area contributed by atoms with Gasteiger partial charge in [-0.2, -0.15) is 0 Å². The van der Waals surface area contributed by atoms with E-state index in [1.807, 2.05) is 0 Å². The lowest BCUT2D eigenvalue weighted by atomic mass is 10.2. The highest BCUT2D eigenvalue weighted by atomic mass is 79.9. The van der Waals surface area contributed by atoms with Crippen LogP contribution in [0.5, 0.6) is 11.5 Å². The molecule has 1 aromatic carbocycles. The first kappa shape index (κ1) is 12.0. The number of ether oxygens (including phenoxy) is 1. The van der Waals surface area contributed by atoms with E-state index in [0.717, 1.165) is 0 Å². The van der Waals surface area contributed by atoms with Gasteiger partial charge in [-0.3, -0.25) is 4.98 Å². The Labute approximate surface area is 107 Å². The lowest BCUT2D eigenvalue weighted by Gasteiger charge is -2.09. The zero-order chi connectivity index (χ0) is 12.3. The van der Waals surface area contributed by atoms with Gasteiger partial charge in [0.25, 0.3) is 0 Å². The third-order valence-electron chi connectivity index (χ3n) is 2.21. The average molecular weight is 297 g/mol. The van der Waals surface area contributed by atoms with E-state index in [-0.39, 0.29) is 12.3 Å². The maximum absolute atomic E-state index is 13.9. The third kappa shape index (κ3) is 2.62. The van der Waals surface area contributed by atoms with Crippen LogP contribution in [0.2, 0.25) is 0 Å². The van der Waals surface area contributed by atoms with Crippen molar-refractivity contribution in [2.75, 3.05) is 0 Å². The standard InChI is InChI=1S/C12H10BrFN2O/c13-11-8(6-15)3-4-10(12(11)14)17-9-2-1-5-16-7-9/h1-5,7H,6,15H2. The Morgan fingerprint density at radius 3 is 2.82 bits per heavy atom. The van der Waals surface area contributed by atoms with Gasteiger partial charge in [0.15, 0.2) is 11.6 Å². The zero-order valence-corrected chi connectivity index (χ0v) is 10.4. The molecule has 2 rings (SSSR count). The molecule has 1 aromatic heterocycles. The molecule has 0 atom stereocenters. The van der Waals surface area contributed by atoms with Gasteiger partial charge < -0.3 is 10.5 Å². The summed E-state index contributed by atoms with van der Waals surface area (Å²) in [5, 5.41) is 0. The van der Waals surface area contributed by atoms with Gasteiger partial charge in [0.2, 0.25) is 0 Å². The molecule has 3 nitrogen and oxygen atoms in total. The van der Waals surface area contributed by atoms with Crippen LogP contribution < -0.4 is 10.5 Å². The summed E-state index contributed by atoms with van der Waals surface area (Å²) in [7, 11) is 0. The van der Waals surface area contributed by atoms with Crippen molar-refractivity contribution >= 4 is 15.9 Å². The minimum Gasteiger partial charge on any atom is -0.453 e. The second-order valence-electron chi connectivity index (χ2n) is 3.35. The third-order valence-corrected chi connectivity index (χ3v) is 3.07. The van der Waals surface area contributed by atoms with E-state index in [4.69, 9.17) is 10.5 Å². The molecule has 17 heavy (non-hydrogen) atoms. The van der Waals surface area contributed by atoms with Gasteiger partial charge in [0, 0.05) is 12.7 Å². The molecule has 5 heteroatoms. The fourth-order valence-electron chi connectivity index (χ4n) is 1.34. The van der Waals surface area contributed by atoms with Gasteiger partial charge in [-0.05, 0) is 39.7 Å². The largest absolute Gasteiger partial charge is 0.453 e. The number of hydrogen-bond donors (Lipinski definition) is 1. The summed E-state index contributed by atoms with van der Waals surface area (Å²) in [5.74, 6) is 0.165. The average Bonchev–Trinajstić information content (AvgIpc) is 2.37. The minimum absolute atomic E-state index is 0.141. The van der Waals surface area contributed by atoms with Crippen LogP contribution >= 0.6 is 15.9 Å². The summed E-state index contributed by atoms with van der Waals surface area (Å²) in [6.45, 7) is 0.269. The molecule has 0 radical (unpaired) electrons. The molecular weight excluding hydrogens is 287 g/mol. The number of rotatable bonds is 3. The molecule has 0 unspecified atom stereocenters. The fraction of sp³-hybridized carbons (Fsp3) is 0.0833. The first-order valence-corrected chi connectivity index (χ1v) is 5.76. The molecule has 0 aliphatic heterocycles. The SMILES string of the molecule is NCc1ccc(Oc2cccnc2)c(F)c1Br. The van der Waals surface area contributed by atoms with Crippen molar-refractivity contribution in [2.24, 2.45) is 5.73 Å². The van der Waals surface area contributed by atoms with Gasteiger partial charge in [0.1, 0.15) is 5.75 Å². The maximum Gasteiger partial charge on any atom is 0.180 e. The molecular formula is C12H10BrFN2O. The van der Waals surface area contributed by atoms with Crippen LogP contribution in [0.1, 0.15) is 5.56 Å². The Morgan fingerprint density at radius 2 is 2.18 bits per heavy atom. The normalized spacial score (nSPS) is 10.3.